The summed E-state index contributed by atoms with van der Waals surface area (Å²) in [5, 5.41) is 2.45. The largest absolute Gasteiger partial charge is 0.456 e. The molecule has 0 spiro atoms. The lowest BCUT2D eigenvalue weighted by Gasteiger charge is -2.16. The van der Waals surface area contributed by atoms with E-state index in [2.05, 4.69) is 5.32 Å². The van der Waals surface area contributed by atoms with Crippen LogP contribution in [0.1, 0.15) is 27.9 Å². The summed E-state index contributed by atoms with van der Waals surface area (Å²) >= 11 is 0. The lowest BCUT2D eigenvalue weighted by Crippen LogP contribution is -2.24. The van der Waals surface area contributed by atoms with Gasteiger partial charge in [-0.25, -0.2) is 0 Å². The topological polar surface area (TPSA) is 55.4 Å². The summed E-state index contributed by atoms with van der Waals surface area (Å²) in [7, 11) is 0. The first kappa shape index (κ1) is 19.4. The van der Waals surface area contributed by atoms with Crippen LogP contribution in [0.5, 0.6) is 11.5 Å². The van der Waals surface area contributed by atoms with E-state index in [-0.39, 0.29) is 29.2 Å². The molecule has 7 heteroatoms. The number of ether oxygens (including phenoxy) is 1. The number of benzene rings is 2. The highest BCUT2D eigenvalue weighted by Crippen LogP contribution is 2.35. The Bertz CT molecular complexity index is 991. The number of carbonyl (C=O) groups excluding carboxylic acids is 2. The predicted octanol–water partition coefficient (Wildman–Crippen LogP) is 4.95. The molecule has 0 saturated carbocycles. The van der Waals surface area contributed by atoms with Gasteiger partial charge < -0.3 is 10.1 Å². The number of amides is 1. The highest BCUT2D eigenvalue weighted by atomic mass is 19.4. The summed E-state index contributed by atoms with van der Waals surface area (Å²) in [6.45, 7) is 1.78. The molecule has 2 aromatic rings. The zero-order valence-electron chi connectivity index (χ0n) is 14.8. The number of para-hydroxylation sites is 1. The second-order valence-corrected chi connectivity index (χ2v) is 6.20. The van der Waals surface area contributed by atoms with Gasteiger partial charge in [0.05, 0.1) is 11.1 Å². The van der Waals surface area contributed by atoms with E-state index in [9.17, 15) is 22.8 Å². The lowest BCUT2D eigenvalue weighted by molar-refractivity contribution is -0.137. The lowest BCUT2D eigenvalue weighted by atomic mass is 10.1. The fourth-order valence-corrected chi connectivity index (χ4v) is 2.62. The van der Waals surface area contributed by atoms with E-state index in [1.165, 1.54) is 12.2 Å². The van der Waals surface area contributed by atoms with Gasteiger partial charge in [0.2, 0.25) is 0 Å². The van der Waals surface area contributed by atoms with Crippen LogP contribution >= 0.6 is 0 Å². The standard InChI is InChI=1S/C21H16F3NO3/c1-13-5-2-3-8-18(13)28-19-10-9-14(21(22,23)24)11-17(19)20(27)25-15-6-4-7-16(26)12-15/h2-6,8-12H,7H2,1H3,(H,25,27). The van der Waals surface area contributed by atoms with Gasteiger partial charge in [-0.15, -0.1) is 0 Å². The molecule has 0 unspecified atom stereocenters. The van der Waals surface area contributed by atoms with Gasteiger partial charge in [-0.05, 0) is 42.8 Å². The van der Waals surface area contributed by atoms with E-state index in [1.807, 2.05) is 0 Å². The van der Waals surface area contributed by atoms with Crippen molar-refractivity contribution in [1.82, 2.24) is 5.32 Å². The number of aryl methyl sites for hydroxylation is 1. The highest BCUT2D eigenvalue weighted by molar-refractivity contribution is 6.00. The molecule has 1 aliphatic rings. The minimum absolute atomic E-state index is 0.0217. The Morgan fingerprint density at radius 3 is 2.54 bits per heavy atom. The fraction of sp³-hybridized carbons (Fsp3) is 0.143. The molecule has 0 bridgehead atoms. The number of nitrogens with one attached hydrogen (secondary N) is 1. The van der Waals surface area contributed by atoms with Crippen molar-refractivity contribution in [3.05, 3.63) is 83.1 Å². The van der Waals surface area contributed by atoms with Crippen LogP contribution in [-0.4, -0.2) is 11.7 Å². The van der Waals surface area contributed by atoms with Crippen molar-refractivity contribution in [3.8, 4) is 11.5 Å². The van der Waals surface area contributed by atoms with Crippen LogP contribution in [0.2, 0.25) is 0 Å². The number of rotatable bonds is 4. The summed E-state index contributed by atoms with van der Waals surface area (Å²) in [5.41, 5.74) is -0.290. The molecule has 28 heavy (non-hydrogen) atoms. The summed E-state index contributed by atoms with van der Waals surface area (Å²) in [6.07, 6.45) is -0.0856. The number of carbonyl (C=O) groups is 2. The Kier molecular flexibility index (Phi) is 5.35. The van der Waals surface area contributed by atoms with E-state index in [0.717, 1.165) is 23.8 Å². The second-order valence-electron chi connectivity index (χ2n) is 6.20. The molecule has 1 amide bonds. The summed E-state index contributed by atoms with van der Waals surface area (Å²) in [5.74, 6) is -0.617. The average Bonchev–Trinajstić information content (AvgIpc) is 2.63. The maximum absolute atomic E-state index is 13.1. The van der Waals surface area contributed by atoms with Crippen LogP contribution in [0.3, 0.4) is 0 Å². The molecule has 0 atom stereocenters. The Labute approximate surface area is 159 Å². The molecule has 0 radical (unpaired) electrons. The molecule has 0 aromatic heterocycles. The van der Waals surface area contributed by atoms with Crippen molar-refractivity contribution in [2.75, 3.05) is 0 Å². The molecule has 2 aromatic carbocycles. The average molecular weight is 387 g/mol. The predicted molar refractivity (Wildman–Crippen MR) is 97.0 cm³/mol. The molecule has 1 aliphatic carbocycles. The first-order chi connectivity index (χ1) is 13.2. The van der Waals surface area contributed by atoms with Gasteiger partial charge in [-0.2, -0.15) is 13.2 Å². The van der Waals surface area contributed by atoms with Gasteiger partial charge in [-0.3, -0.25) is 9.59 Å². The van der Waals surface area contributed by atoms with Crippen molar-refractivity contribution < 1.29 is 27.5 Å². The Hall–Kier alpha value is -3.35. The molecule has 4 nitrogen and oxygen atoms in total. The van der Waals surface area contributed by atoms with Crippen molar-refractivity contribution in [2.24, 2.45) is 0 Å². The monoisotopic (exact) mass is 387 g/mol. The third kappa shape index (κ3) is 4.49. The zero-order chi connectivity index (χ0) is 20.3. The SMILES string of the molecule is Cc1ccccc1Oc1ccc(C(F)(F)F)cc1C(=O)NC1=CC(=O)CC=C1. The van der Waals surface area contributed by atoms with Crippen LogP contribution in [-0.2, 0) is 11.0 Å². The number of allylic oxidation sites excluding steroid dienone is 3. The van der Waals surface area contributed by atoms with Gasteiger partial charge in [0.25, 0.3) is 5.91 Å². The van der Waals surface area contributed by atoms with Gasteiger partial charge in [-0.1, -0.05) is 24.3 Å². The smallest absolute Gasteiger partial charge is 0.416 e. The number of halogens is 3. The molecule has 0 fully saturated rings. The Morgan fingerprint density at radius 2 is 1.86 bits per heavy atom. The highest BCUT2D eigenvalue weighted by Gasteiger charge is 2.32. The van der Waals surface area contributed by atoms with Crippen LogP contribution in [0.25, 0.3) is 0 Å². The summed E-state index contributed by atoms with van der Waals surface area (Å²) in [4.78, 5) is 24.1. The number of hydrogen-bond donors (Lipinski definition) is 1. The second kappa shape index (κ2) is 7.72. The van der Waals surface area contributed by atoms with E-state index in [0.29, 0.717) is 5.75 Å². The zero-order valence-corrected chi connectivity index (χ0v) is 14.8. The quantitative estimate of drug-likeness (QED) is 0.808. The van der Waals surface area contributed by atoms with Gasteiger partial charge >= 0.3 is 6.18 Å². The van der Waals surface area contributed by atoms with Crippen molar-refractivity contribution in [1.29, 1.82) is 0 Å². The van der Waals surface area contributed by atoms with Gasteiger partial charge in [0, 0.05) is 18.2 Å². The molecule has 1 N–H and O–H groups in total. The van der Waals surface area contributed by atoms with E-state index in [1.54, 1.807) is 37.3 Å². The van der Waals surface area contributed by atoms with Crippen molar-refractivity contribution in [2.45, 2.75) is 19.5 Å². The van der Waals surface area contributed by atoms with Crippen LogP contribution in [0.15, 0.2) is 66.4 Å². The molecular weight excluding hydrogens is 371 g/mol. The molecule has 0 aliphatic heterocycles. The molecule has 0 saturated heterocycles. The van der Waals surface area contributed by atoms with E-state index < -0.39 is 17.6 Å². The van der Waals surface area contributed by atoms with Crippen LogP contribution < -0.4 is 10.1 Å². The van der Waals surface area contributed by atoms with E-state index in [4.69, 9.17) is 4.74 Å². The Balaban J connectivity index is 1.98. The first-order valence-electron chi connectivity index (χ1n) is 8.41. The Morgan fingerprint density at radius 1 is 1.11 bits per heavy atom. The van der Waals surface area contributed by atoms with Crippen molar-refractivity contribution >= 4 is 11.7 Å². The first-order valence-corrected chi connectivity index (χ1v) is 8.41. The maximum Gasteiger partial charge on any atom is 0.416 e. The molecular formula is C21H16F3NO3. The van der Waals surface area contributed by atoms with Crippen molar-refractivity contribution in [3.63, 3.8) is 0 Å². The van der Waals surface area contributed by atoms with Gasteiger partial charge in [0.15, 0.2) is 5.78 Å². The van der Waals surface area contributed by atoms with Gasteiger partial charge in [0.1, 0.15) is 11.5 Å². The molecule has 144 valence electrons. The number of ketones is 1. The van der Waals surface area contributed by atoms with Crippen LogP contribution in [0, 0.1) is 6.92 Å². The molecule has 0 heterocycles. The normalized spacial score (nSPS) is 13.9. The number of alkyl halides is 3. The van der Waals surface area contributed by atoms with E-state index >= 15 is 0 Å². The molecule has 3 rings (SSSR count). The number of hydrogen-bond acceptors (Lipinski definition) is 3. The third-order valence-electron chi connectivity index (χ3n) is 4.06. The minimum atomic E-state index is -4.61. The maximum atomic E-state index is 13.1. The minimum Gasteiger partial charge on any atom is -0.456 e. The summed E-state index contributed by atoms with van der Waals surface area (Å²) < 4.78 is 45.1. The fourth-order valence-electron chi connectivity index (χ4n) is 2.62. The third-order valence-corrected chi connectivity index (χ3v) is 4.06. The van der Waals surface area contributed by atoms with Crippen LogP contribution in [0.4, 0.5) is 13.2 Å². The summed E-state index contributed by atoms with van der Waals surface area (Å²) in [6, 6.07) is 9.64.